The van der Waals surface area contributed by atoms with Gasteiger partial charge in [0.2, 0.25) is 5.95 Å². The monoisotopic (exact) mass is 457 g/mol. The average Bonchev–Trinajstić information content (AvgIpc) is 3.45. The van der Waals surface area contributed by atoms with Crippen LogP contribution in [0.1, 0.15) is 36.1 Å². The molecule has 0 saturated heterocycles. The summed E-state index contributed by atoms with van der Waals surface area (Å²) in [5.41, 5.74) is 5.65. The molecule has 34 heavy (non-hydrogen) atoms. The molecule has 1 aromatic carbocycles. The summed E-state index contributed by atoms with van der Waals surface area (Å²) in [6, 6.07) is 9.88. The quantitative estimate of drug-likeness (QED) is 0.370. The molecule has 0 saturated carbocycles. The zero-order chi connectivity index (χ0) is 23.2. The third-order valence-corrected chi connectivity index (χ3v) is 6.59. The summed E-state index contributed by atoms with van der Waals surface area (Å²) in [5.74, 6) is 0.292. The first-order valence-corrected chi connectivity index (χ1v) is 11.4. The van der Waals surface area contributed by atoms with Crippen molar-refractivity contribution in [3.63, 3.8) is 0 Å². The number of hydrogen-bond acceptors (Lipinski definition) is 6. The van der Waals surface area contributed by atoms with Crippen molar-refractivity contribution in [3.05, 3.63) is 71.6 Å². The molecule has 0 unspecified atom stereocenters. The zero-order valence-electron chi connectivity index (χ0n) is 18.7. The van der Waals surface area contributed by atoms with Crippen molar-refractivity contribution in [3.8, 4) is 11.4 Å². The van der Waals surface area contributed by atoms with Crippen molar-refractivity contribution in [1.82, 2.24) is 29.5 Å². The average molecular weight is 458 g/mol. The van der Waals surface area contributed by atoms with E-state index in [1.807, 2.05) is 13.0 Å². The van der Waals surface area contributed by atoms with E-state index >= 15 is 0 Å². The van der Waals surface area contributed by atoms with Crippen LogP contribution in [0.2, 0.25) is 0 Å². The van der Waals surface area contributed by atoms with Gasteiger partial charge < -0.3 is 15.4 Å². The Hall–Kier alpha value is -3.85. The fourth-order valence-corrected chi connectivity index (χ4v) is 4.77. The number of aliphatic hydroxyl groups excluding tert-OH is 1. The van der Waals surface area contributed by atoms with Crippen molar-refractivity contribution >= 4 is 22.5 Å². The van der Waals surface area contributed by atoms with Crippen LogP contribution < -0.4 is 5.32 Å². The molecule has 9 heteroatoms. The second-order valence-electron chi connectivity index (χ2n) is 8.89. The van der Waals surface area contributed by atoms with Crippen molar-refractivity contribution in [2.75, 3.05) is 11.9 Å². The van der Waals surface area contributed by atoms with Crippen LogP contribution in [0.3, 0.4) is 0 Å². The number of halogens is 1. The van der Waals surface area contributed by atoms with Crippen LogP contribution in [0.15, 0.2) is 48.9 Å². The third-order valence-electron chi connectivity index (χ3n) is 6.59. The molecule has 172 valence electrons. The van der Waals surface area contributed by atoms with E-state index in [1.165, 1.54) is 22.7 Å². The molecular weight excluding hydrogens is 433 g/mol. The number of rotatable bonds is 5. The highest BCUT2D eigenvalue weighted by molar-refractivity contribution is 5.85. The standard InChI is InChI=1S/C25H24FN7O/c1-14(13-34)20-12-28-33-24(20)31-23(15-8-16(26)11-27-10-15)32-25(33)29-17-6-7-22-19(9-17)18-4-2-3-5-21(18)30-22/h2-5,8,10-12,14,17,30,34H,6-7,9,13H2,1H3,(H,29,31,32)/t14-,17-/m0/s1. The van der Waals surface area contributed by atoms with E-state index in [0.29, 0.717) is 23.0 Å². The highest BCUT2D eigenvalue weighted by Gasteiger charge is 2.25. The number of aliphatic hydroxyl groups is 1. The molecule has 4 aromatic heterocycles. The van der Waals surface area contributed by atoms with E-state index in [9.17, 15) is 9.50 Å². The second kappa shape index (κ2) is 8.18. The number of fused-ring (bicyclic) bond motifs is 4. The number of benzene rings is 1. The molecule has 5 aromatic rings. The van der Waals surface area contributed by atoms with Gasteiger partial charge in [-0.2, -0.15) is 14.6 Å². The summed E-state index contributed by atoms with van der Waals surface area (Å²) in [5, 5.41) is 19.1. The fourth-order valence-electron chi connectivity index (χ4n) is 4.77. The Kier molecular flexibility index (Phi) is 4.99. The van der Waals surface area contributed by atoms with E-state index in [1.54, 1.807) is 16.9 Å². The second-order valence-corrected chi connectivity index (χ2v) is 8.89. The lowest BCUT2D eigenvalue weighted by molar-refractivity contribution is 0.273. The Balaban J connectivity index is 1.41. The molecule has 0 amide bonds. The van der Waals surface area contributed by atoms with Crippen molar-refractivity contribution < 1.29 is 9.50 Å². The number of H-pyrrole nitrogens is 1. The molecule has 1 aliphatic rings. The maximum absolute atomic E-state index is 13.9. The minimum absolute atomic E-state index is 0.0308. The number of pyridine rings is 1. The smallest absolute Gasteiger partial charge is 0.228 e. The van der Waals surface area contributed by atoms with Gasteiger partial charge in [0.1, 0.15) is 5.82 Å². The van der Waals surface area contributed by atoms with E-state index in [0.717, 1.165) is 36.5 Å². The Morgan fingerprint density at radius 1 is 1.24 bits per heavy atom. The molecule has 8 nitrogen and oxygen atoms in total. The normalized spacial score (nSPS) is 16.6. The summed E-state index contributed by atoms with van der Waals surface area (Å²) in [7, 11) is 0. The number of nitrogens with zero attached hydrogens (tertiary/aromatic N) is 5. The number of hydrogen-bond donors (Lipinski definition) is 3. The largest absolute Gasteiger partial charge is 0.396 e. The van der Waals surface area contributed by atoms with E-state index in [2.05, 4.69) is 43.6 Å². The lowest BCUT2D eigenvalue weighted by Gasteiger charge is -2.24. The first-order valence-electron chi connectivity index (χ1n) is 11.4. The molecule has 0 radical (unpaired) electrons. The molecule has 2 atom stereocenters. The van der Waals surface area contributed by atoms with Crippen LogP contribution in [0.4, 0.5) is 10.3 Å². The van der Waals surface area contributed by atoms with Crippen molar-refractivity contribution in [1.29, 1.82) is 0 Å². The van der Waals surface area contributed by atoms with Gasteiger partial charge in [-0.05, 0) is 37.0 Å². The molecular formula is C25H24FN7O. The van der Waals surface area contributed by atoms with Gasteiger partial charge in [-0.1, -0.05) is 25.1 Å². The SMILES string of the molecule is C[C@@H](CO)c1cnn2c(N[C@H]3CCc4[nH]c5ccccc5c4C3)nc(-c3cncc(F)c3)nc12. The van der Waals surface area contributed by atoms with E-state index in [-0.39, 0.29) is 18.6 Å². The number of aromatic amines is 1. The first-order chi connectivity index (χ1) is 16.6. The maximum atomic E-state index is 13.9. The number of aromatic nitrogens is 6. The Bertz CT molecular complexity index is 1510. The number of aryl methyl sites for hydroxylation is 1. The molecule has 4 heterocycles. The summed E-state index contributed by atoms with van der Waals surface area (Å²) in [4.78, 5) is 16.9. The fraction of sp³-hybridized carbons (Fsp3) is 0.280. The summed E-state index contributed by atoms with van der Waals surface area (Å²) >= 11 is 0. The Morgan fingerprint density at radius 2 is 2.12 bits per heavy atom. The summed E-state index contributed by atoms with van der Waals surface area (Å²) in [6.07, 6.45) is 7.13. The minimum Gasteiger partial charge on any atom is -0.396 e. The predicted octanol–water partition coefficient (Wildman–Crippen LogP) is 3.87. The Labute approximate surface area is 194 Å². The molecule has 0 bridgehead atoms. The van der Waals surface area contributed by atoms with Crippen LogP contribution >= 0.6 is 0 Å². The summed E-state index contributed by atoms with van der Waals surface area (Å²) < 4.78 is 15.6. The number of para-hydroxylation sites is 1. The third kappa shape index (κ3) is 3.49. The van der Waals surface area contributed by atoms with Crippen molar-refractivity contribution in [2.45, 2.75) is 38.1 Å². The predicted molar refractivity (Wildman–Crippen MR) is 127 cm³/mol. The van der Waals surface area contributed by atoms with Gasteiger partial charge in [-0.15, -0.1) is 0 Å². The molecule has 0 fully saturated rings. The lowest BCUT2D eigenvalue weighted by Crippen LogP contribution is -2.29. The van der Waals surface area contributed by atoms with Crippen LogP contribution in [-0.4, -0.2) is 47.3 Å². The van der Waals surface area contributed by atoms with Gasteiger partial charge in [0.05, 0.1) is 12.4 Å². The summed E-state index contributed by atoms with van der Waals surface area (Å²) in [6.45, 7) is 1.88. The maximum Gasteiger partial charge on any atom is 0.228 e. The van der Waals surface area contributed by atoms with Gasteiger partial charge in [0.15, 0.2) is 11.5 Å². The van der Waals surface area contributed by atoms with Crippen LogP contribution in [0.25, 0.3) is 27.9 Å². The minimum atomic E-state index is -0.452. The van der Waals surface area contributed by atoms with E-state index < -0.39 is 5.82 Å². The van der Waals surface area contributed by atoms with Crippen LogP contribution in [-0.2, 0) is 12.8 Å². The van der Waals surface area contributed by atoms with Crippen LogP contribution in [0, 0.1) is 5.82 Å². The topological polar surface area (TPSA) is 104 Å². The highest BCUT2D eigenvalue weighted by Crippen LogP contribution is 2.31. The highest BCUT2D eigenvalue weighted by atomic mass is 19.1. The van der Waals surface area contributed by atoms with Gasteiger partial charge in [-0.3, -0.25) is 4.98 Å². The molecule has 1 aliphatic carbocycles. The molecule has 6 rings (SSSR count). The van der Waals surface area contributed by atoms with Gasteiger partial charge in [-0.25, -0.2) is 9.37 Å². The van der Waals surface area contributed by atoms with Crippen molar-refractivity contribution in [2.24, 2.45) is 0 Å². The molecule has 3 N–H and O–H groups in total. The number of anilines is 1. The van der Waals surface area contributed by atoms with E-state index in [4.69, 9.17) is 4.98 Å². The molecule has 0 spiro atoms. The van der Waals surface area contributed by atoms with Gasteiger partial charge in [0.25, 0.3) is 0 Å². The lowest BCUT2D eigenvalue weighted by atomic mass is 9.91. The number of nitrogens with one attached hydrogen (secondary N) is 2. The van der Waals surface area contributed by atoms with Gasteiger partial charge in [0, 0.05) is 52.5 Å². The van der Waals surface area contributed by atoms with Gasteiger partial charge >= 0.3 is 0 Å². The van der Waals surface area contributed by atoms with Crippen LogP contribution in [0.5, 0.6) is 0 Å². The molecule has 0 aliphatic heterocycles. The zero-order valence-corrected chi connectivity index (χ0v) is 18.7. The first kappa shape index (κ1) is 20.7. The Morgan fingerprint density at radius 3 is 2.97 bits per heavy atom.